The highest BCUT2D eigenvalue weighted by Crippen LogP contribution is 2.48. The van der Waals surface area contributed by atoms with Gasteiger partial charge < -0.3 is 0 Å². The standard InChI is InChI=1S/C26H30F6N2/c1-4-15-34(17-20-10-6-5-7-11-20)16-9-14-24(18-33,19(2)3)23-21(25(27,28)29)12-8-13-22(23)26(30,31)32/h5-8,10-13,19H,4,9,14-17H2,1-3H3. The minimum atomic E-state index is -5.02. The maximum atomic E-state index is 13.9. The fourth-order valence-electron chi connectivity index (χ4n) is 4.46. The molecule has 0 bridgehead atoms. The van der Waals surface area contributed by atoms with Crippen molar-refractivity contribution in [2.45, 2.75) is 64.3 Å². The van der Waals surface area contributed by atoms with Gasteiger partial charge in [0.05, 0.1) is 22.6 Å². The van der Waals surface area contributed by atoms with Gasteiger partial charge in [-0.25, -0.2) is 0 Å². The van der Waals surface area contributed by atoms with Crippen LogP contribution < -0.4 is 0 Å². The lowest BCUT2D eigenvalue weighted by molar-refractivity contribution is -0.145. The number of hydrogen-bond acceptors (Lipinski definition) is 2. The Morgan fingerprint density at radius 1 is 0.853 bits per heavy atom. The zero-order chi connectivity index (χ0) is 25.6. The van der Waals surface area contributed by atoms with E-state index in [1.807, 2.05) is 43.3 Å². The molecule has 34 heavy (non-hydrogen) atoms. The number of rotatable bonds is 10. The minimum absolute atomic E-state index is 0.119. The molecule has 0 N–H and O–H groups in total. The van der Waals surface area contributed by atoms with Gasteiger partial charge >= 0.3 is 12.4 Å². The van der Waals surface area contributed by atoms with Crippen LogP contribution in [0.3, 0.4) is 0 Å². The first-order valence-electron chi connectivity index (χ1n) is 11.3. The van der Waals surface area contributed by atoms with E-state index in [2.05, 4.69) is 4.90 Å². The first-order valence-corrected chi connectivity index (χ1v) is 11.3. The van der Waals surface area contributed by atoms with Crippen molar-refractivity contribution in [2.75, 3.05) is 13.1 Å². The second-order valence-electron chi connectivity index (χ2n) is 8.83. The van der Waals surface area contributed by atoms with E-state index >= 15 is 0 Å². The topological polar surface area (TPSA) is 27.0 Å². The lowest BCUT2D eigenvalue weighted by Gasteiger charge is -2.36. The highest BCUT2D eigenvalue weighted by atomic mass is 19.4. The third-order valence-electron chi connectivity index (χ3n) is 6.14. The smallest absolute Gasteiger partial charge is 0.299 e. The van der Waals surface area contributed by atoms with Crippen LogP contribution >= 0.6 is 0 Å². The summed E-state index contributed by atoms with van der Waals surface area (Å²) in [5.74, 6) is -0.768. The summed E-state index contributed by atoms with van der Waals surface area (Å²) in [6, 6.07) is 13.6. The average molecular weight is 485 g/mol. The molecule has 0 fully saturated rings. The fourth-order valence-corrected chi connectivity index (χ4v) is 4.46. The molecule has 2 nitrogen and oxygen atoms in total. The van der Waals surface area contributed by atoms with Gasteiger partial charge in [0.1, 0.15) is 0 Å². The molecule has 0 spiro atoms. The van der Waals surface area contributed by atoms with Crippen LogP contribution in [0.5, 0.6) is 0 Å². The maximum Gasteiger partial charge on any atom is 0.416 e. The number of halogens is 6. The fraction of sp³-hybridized carbons (Fsp3) is 0.500. The van der Waals surface area contributed by atoms with Crippen molar-refractivity contribution in [1.82, 2.24) is 4.90 Å². The lowest BCUT2D eigenvalue weighted by Crippen LogP contribution is -2.37. The van der Waals surface area contributed by atoms with Gasteiger partial charge in [-0.15, -0.1) is 0 Å². The lowest BCUT2D eigenvalue weighted by atomic mass is 9.66. The van der Waals surface area contributed by atoms with E-state index < -0.39 is 40.4 Å². The second kappa shape index (κ2) is 11.3. The molecule has 2 aromatic carbocycles. The number of hydrogen-bond donors (Lipinski definition) is 0. The molecule has 1 atom stereocenters. The Morgan fingerprint density at radius 2 is 1.41 bits per heavy atom. The van der Waals surface area contributed by atoms with Crippen molar-refractivity contribution in [2.24, 2.45) is 5.92 Å². The van der Waals surface area contributed by atoms with Crippen molar-refractivity contribution in [3.63, 3.8) is 0 Å². The summed E-state index contributed by atoms with van der Waals surface area (Å²) in [4.78, 5) is 2.11. The summed E-state index contributed by atoms with van der Waals surface area (Å²) in [6.07, 6.45) is -9.03. The molecule has 2 aromatic rings. The normalized spacial score (nSPS) is 14.3. The van der Waals surface area contributed by atoms with Gasteiger partial charge in [0, 0.05) is 6.54 Å². The van der Waals surface area contributed by atoms with Crippen molar-refractivity contribution >= 4 is 0 Å². The SMILES string of the molecule is CCCN(CCCC(C#N)(c1c(C(F)(F)F)cccc1C(F)(F)F)C(C)C)Cc1ccccc1. The van der Waals surface area contributed by atoms with Gasteiger partial charge in [-0.05, 0) is 61.5 Å². The van der Waals surface area contributed by atoms with Gasteiger partial charge in [0.25, 0.3) is 0 Å². The minimum Gasteiger partial charge on any atom is -0.299 e. The molecule has 0 amide bonds. The second-order valence-corrected chi connectivity index (χ2v) is 8.83. The summed E-state index contributed by atoms with van der Waals surface area (Å²) in [6.45, 7) is 6.80. The number of alkyl halides is 6. The number of benzene rings is 2. The Labute approximate surface area is 197 Å². The van der Waals surface area contributed by atoms with E-state index in [9.17, 15) is 31.6 Å². The molecule has 0 saturated heterocycles. The van der Waals surface area contributed by atoms with Gasteiger partial charge in [0.15, 0.2) is 0 Å². The quantitative estimate of drug-likeness (QED) is 0.321. The Bertz CT molecular complexity index is 928. The highest BCUT2D eigenvalue weighted by molar-refractivity contribution is 5.48. The van der Waals surface area contributed by atoms with Crippen molar-refractivity contribution in [3.8, 4) is 6.07 Å². The zero-order valence-electron chi connectivity index (χ0n) is 19.6. The van der Waals surface area contributed by atoms with Gasteiger partial charge in [-0.2, -0.15) is 31.6 Å². The molecule has 0 aliphatic rings. The first kappa shape index (κ1) is 27.7. The molecule has 8 heteroatoms. The Kier molecular flexibility index (Phi) is 9.18. The molecule has 0 heterocycles. The Balaban J connectivity index is 2.45. The van der Waals surface area contributed by atoms with Crippen LogP contribution in [0.25, 0.3) is 0 Å². The summed E-state index contributed by atoms with van der Waals surface area (Å²) < 4.78 is 83.1. The molecular weight excluding hydrogens is 454 g/mol. The van der Waals surface area contributed by atoms with Crippen LogP contribution in [0.2, 0.25) is 0 Å². The van der Waals surface area contributed by atoms with Crippen LogP contribution in [-0.2, 0) is 24.3 Å². The van der Waals surface area contributed by atoms with Crippen molar-refractivity contribution in [1.29, 1.82) is 5.26 Å². The summed E-state index contributed by atoms with van der Waals surface area (Å²) in [5, 5.41) is 10.1. The van der Waals surface area contributed by atoms with Gasteiger partial charge in [-0.3, -0.25) is 4.90 Å². The molecule has 2 rings (SSSR count). The van der Waals surface area contributed by atoms with Crippen molar-refractivity contribution < 1.29 is 26.3 Å². The number of nitriles is 1. The summed E-state index contributed by atoms with van der Waals surface area (Å²) >= 11 is 0. The molecular formula is C26H30F6N2. The van der Waals surface area contributed by atoms with Crippen molar-refractivity contribution in [3.05, 3.63) is 70.8 Å². The molecule has 0 aliphatic carbocycles. The largest absolute Gasteiger partial charge is 0.416 e. The van der Waals surface area contributed by atoms with E-state index in [0.29, 0.717) is 25.2 Å². The van der Waals surface area contributed by atoms with Crippen LogP contribution in [0.1, 0.15) is 62.3 Å². The van der Waals surface area contributed by atoms with Crippen LogP contribution in [0.4, 0.5) is 26.3 Å². The zero-order valence-corrected chi connectivity index (χ0v) is 19.6. The predicted octanol–water partition coefficient (Wildman–Crippen LogP) is 7.83. The Hall–Kier alpha value is -2.53. The third kappa shape index (κ3) is 6.53. The van der Waals surface area contributed by atoms with Crippen LogP contribution in [-0.4, -0.2) is 18.0 Å². The van der Waals surface area contributed by atoms with Crippen LogP contribution in [0.15, 0.2) is 48.5 Å². The third-order valence-corrected chi connectivity index (χ3v) is 6.14. The van der Waals surface area contributed by atoms with Gasteiger partial charge in [0.2, 0.25) is 0 Å². The van der Waals surface area contributed by atoms with E-state index in [1.54, 1.807) is 0 Å². The molecule has 0 aliphatic heterocycles. The van der Waals surface area contributed by atoms with E-state index in [0.717, 1.165) is 24.6 Å². The van der Waals surface area contributed by atoms with E-state index in [1.165, 1.54) is 13.8 Å². The first-order chi connectivity index (χ1) is 15.9. The summed E-state index contributed by atoms with van der Waals surface area (Å²) in [5.41, 5.74) is -4.63. The Morgan fingerprint density at radius 3 is 1.85 bits per heavy atom. The number of nitrogens with zero attached hydrogens (tertiary/aromatic N) is 2. The molecule has 1 unspecified atom stereocenters. The molecule has 0 aromatic heterocycles. The molecule has 0 saturated carbocycles. The van der Waals surface area contributed by atoms with Gasteiger partial charge in [-0.1, -0.05) is 57.2 Å². The molecule has 186 valence electrons. The highest BCUT2D eigenvalue weighted by Gasteiger charge is 2.49. The summed E-state index contributed by atoms with van der Waals surface area (Å²) in [7, 11) is 0. The van der Waals surface area contributed by atoms with E-state index in [4.69, 9.17) is 0 Å². The predicted molar refractivity (Wildman–Crippen MR) is 120 cm³/mol. The maximum absolute atomic E-state index is 13.9. The molecule has 0 radical (unpaired) electrons. The van der Waals surface area contributed by atoms with Crippen LogP contribution in [0, 0.1) is 17.2 Å². The average Bonchev–Trinajstić information content (AvgIpc) is 2.76. The monoisotopic (exact) mass is 484 g/mol. The van der Waals surface area contributed by atoms with E-state index in [-0.39, 0.29) is 12.8 Å².